The van der Waals surface area contributed by atoms with Crippen molar-refractivity contribution in [3.05, 3.63) is 18.5 Å². The number of rotatable bonds is 5. The van der Waals surface area contributed by atoms with E-state index in [9.17, 15) is 8.42 Å². The van der Waals surface area contributed by atoms with Gasteiger partial charge < -0.3 is 20.7 Å². The number of ether oxygens (including phenoxy) is 1. The van der Waals surface area contributed by atoms with Crippen LogP contribution in [0.2, 0.25) is 0 Å². The molecule has 11 nitrogen and oxygen atoms in total. The fourth-order valence-corrected chi connectivity index (χ4v) is 4.58. The van der Waals surface area contributed by atoms with Gasteiger partial charge in [-0.2, -0.15) is 9.29 Å². The maximum absolute atomic E-state index is 11.9. The Morgan fingerprint density at radius 3 is 2.50 bits per heavy atom. The molecule has 2 aliphatic rings. The Morgan fingerprint density at radius 1 is 1.17 bits per heavy atom. The van der Waals surface area contributed by atoms with E-state index in [0.29, 0.717) is 63.3 Å². The normalized spacial score (nSPS) is 22.9. The number of sulfonamides is 1. The summed E-state index contributed by atoms with van der Waals surface area (Å²) in [6, 6.07) is 1.83. The molecule has 0 radical (unpaired) electrons. The molecule has 4 rings (SSSR count). The molecule has 2 fully saturated rings. The number of hydrogen-bond donors (Lipinski definition) is 2. The van der Waals surface area contributed by atoms with E-state index in [0.717, 1.165) is 5.56 Å². The first-order valence-electron chi connectivity index (χ1n) is 9.75. The van der Waals surface area contributed by atoms with Crippen molar-refractivity contribution in [2.75, 3.05) is 61.6 Å². The molecule has 0 aromatic carbocycles. The van der Waals surface area contributed by atoms with E-state index in [1.165, 1.54) is 10.6 Å². The molecule has 0 amide bonds. The Balaban J connectivity index is 1.66. The highest BCUT2D eigenvalue weighted by molar-refractivity contribution is 7.88. The first kappa shape index (κ1) is 20.7. The Hall–Kier alpha value is -2.57. The maximum atomic E-state index is 11.9. The first-order chi connectivity index (χ1) is 14.2. The zero-order valence-corrected chi connectivity index (χ0v) is 17.9. The third-order valence-corrected chi connectivity index (χ3v) is 6.56. The quantitative estimate of drug-likeness (QED) is 0.670. The molecule has 0 saturated carbocycles. The standard InChI is InChI=1S/C18H26N8O3S/c1-18(3-4-26(12-18)30(2,27)28)24-15-9-14(13-10-20-16(19)21-11-13)22-17(23-15)25-5-7-29-8-6-25/h9-11H,3-8,12H2,1-2H3,(H2,19,20,21)(H,22,23,24)/t18-/m1/s1. The van der Waals surface area contributed by atoms with Gasteiger partial charge in [-0.15, -0.1) is 0 Å². The molecule has 4 heterocycles. The third-order valence-electron chi connectivity index (χ3n) is 5.31. The topological polar surface area (TPSA) is 139 Å². The summed E-state index contributed by atoms with van der Waals surface area (Å²) < 4.78 is 30.8. The van der Waals surface area contributed by atoms with Gasteiger partial charge >= 0.3 is 0 Å². The molecule has 2 aromatic rings. The highest BCUT2D eigenvalue weighted by atomic mass is 32.2. The summed E-state index contributed by atoms with van der Waals surface area (Å²) in [5.41, 5.74) is 6.56. The lowest BCUT2D eigenvalue weighted by molar-refractivity contribution is 0.122. The summed E-state index contributed by atoms with van der Waals surface area (Å²) in [7, 11) is -3.24. The largest absolute Gasteiger partial charge is 0.378 e. The molecule has 3 N–H and O–H groups in total. The van der Waals surface area contributed by atoms with Gasteiger partial charge in [-0.25, -0.2) is 23.4 Å². The summed E-state index contributed by atoms with van der Waals surface area (Å²) in [4.78, 5) is 19.6. The minimum Gasteiger partial charge on any atom is -0.378 e. The molecular formula is C18H26N8O3S. The Labute approximate surface area is 175 Å². The molecule has 2 saturated heterocycles. The smallest absolute Gasteiger partial charge is 0.228 e. The fraction of sp³-hybridized carbons (Fsp3) is 0.556. The second-order valence-electron chi connectivity index (χ2n) is 7.90. The zero-order chi connectivity index (χ0) is 21.4. The first-order valence-corrected chi connectivity index (χ1v) is 11.6. The molecule has 0 bridgehead atoms. The predicted octanol–water partition coefficient (Wildman–Crippen LogP) is 0.188. The highest BCUT2D eigenvalue weighted by Crippen LogP contribution is 2.29. The number of nitrogen functional groups attached to an aromatic ring is 1. The van der Waals surface area contributed by atoms with Gasteiger partial charge in [0, 0.05) is 50.2 Å². The average molecular weight is 435 g/mol. The van der Waals surface area contributed by atoms with Crippen LogP contribution in [0, 0.1) is 0 Å². The van der Waals surface area contributed by atoms with Crippen molar-refractivity contribution in [1.82, 2.24) is 24.2 Å². The minimum atomic E-state index is -3.24. The lowest BCUT2D eigenvalue weighted by Crippen LogP contribution is -2.40. The van der Waals surface area contributed by atoms with Gasteiger partial charge in [0.2, 0.25) is 21.9 Å². The van der Waals surface area contributed by atoms with Crippen LogP contribution in [0.4, 0.5) is 17.7 Å². The molecule has 0 unspecified atom stereocenters. The van der Waals surface area contributed by atoms with Crippen LogP contribution >= 0.6 is 0 Å². The van der Waals surface area contributed by atoms with Gasteiger partial charge in [-0.1, -0.05) is 0 Å². The summed E-state index contributed by atoms with van der Waals surface area (Å²) >= 11 is 0. The van der Waals surface area contributed by atoms with Crippen LogP contribution in [-0.4, -0.2) is 83.8 Å². The van der Waals surface area contributed by atoms with E-state index >= 15 is 0 Å². The zero-order valence-electron chi connectivity index (χ0n) is 17.1. The van der Waals surface area contributed by atoms with Gasteiger partial charge in [-0.05, 0) is 13.3 Å². The summed E-state index contributed by atoms with van der Waals surface area (Å²) in [6.07, 6.45) is 5.16. The lowest BCUT2D eigenvalue weighted by Gasteiger charge is -2.29. The van der Waals surface area contributed by atoms with Gasteiger partial charge in [-0.3, -0.25) is 0 Å². The second kappa shape index (κ2) is 7.93. The van der Waals surface area contributed by atoms with E-state index in [1.807, 2.05) is 13.0 Å². The molecule has 1 atom stereocenters. The van der Waals surface area contributed by atoms with E-state index in [-0.39, 0.29) is 5.95 Å². The Kier molecular flexibility index (Phi) is 5.47. The highest BCUT2D eigenvalue weighted by Gasteiger charge is 2.38. The lowest BCUT2D eigenvalue weighted by atomic mass is 10.0. The van der Waals surface area contributed by atoms with Crippen molar-refractivity contribution >= 4 is 27.7 Å². The van der Waals surface area contributed by atoms with Gasteiger partial charge in [0.1, 0.15) is 5.82 Å². The molecule has 162 valence electrons. The second-order valence-corrected chi connectivity index (χ2v) is 9.88. The van der Waals surface area contributed by atoms with E-state index in [4.69, 9.17) is 20.4 Å². The van der Waals surface area contributed by atoms with Crippen molar-refractivity contribution in [1.29, 1.82) is 0 Å². The van der Waals surface area contributed by atoms with Gasteiger partial charge in [0.15, 0.2) is 0 Å². The van der Waals surface area contributed by atoms with E-state index in [1.54, 1.807) is 12.4 Å². The van der Waals surface area contributed by atoms with Crippen LogP contribution < -0.4 is 16.0 Å². The van der Waals surface area contributed by atoms with Crippen LogP contribution in [0.1, 0.15) is 13.3 Å². The van der Waals surface area contributed by atoms with E-state index in [2.05, 4.69) is 20.2 Å². The van der Waals surface area contributed by atoms with Gasteiger partial charge in [0.25, 0.3) is 0 Å². The number of hydrogen-bond acceptors (Lipinski definition) is 10. The molecule has 2 aliphatic heterocycles. The van der Waals surface area contributed by atoms with Crippen molar-refractivity contribution < 1.29 is 13.2 Å². The van der Waals surface area contributed by atoms with Crippen molar-refractivity contribution in [3.8, 4) is 11.3 Å². The monoisotopic (exact) mass is 434 g/mol. The number of aromatic nitrogens is 4. The van der Waals surface area contributed by atoms with Gasteiger partial charge in [0.05, 0.1) is 30.7 Å². The average Bonchev–Trinajstić information content (AvgIpc) is 3.11. The van der Waals surface area contributed by atoms with Crippen molar-refractivity contribution in [3.63, 3.8) is 0 Å². The SMILES string of the molecule is C[C@@]1(Nc2cc(-c3cnc(N)nc3)nc(N3CCOCC3)n2)CCN(S(C)(=O)=O)C1. The number of morpholine rings is 1. The van der Waals surface area contributed by atoms with Crippen LogP contribution in [0.5, 0.6) is 0 Å². The van der Waals surface area contributed by atoms with Crippen LogP contribution in [-0.2, 0) is 14.8 Å². The molecule has 12 heteroatoms. The molecule has 0 spiro atoms. The maximum Gasteiger partial charge on any atom is 0.228 e. The summed E-state index contributed by atoms with van der Waals surface area (Å²) in [6.45, 7) is 5.47. The van der Waals surface area contributed by atoms with E-state index < -0.39 is 15.6 Å². The number of nitrogens with two attached hydrogens (primary N) is 1. The predicted molar refractivity (Wildman–Crippen MR) is 114 cm³/mol. The van der Waals surface area contributed by atoms with Crippen LogP contribution in [0.15, 0.2) is 18.5 Å². The molecular weight excluding hydrogens is 408 g/mol. The Bertz CT molecular complexity index is 1010. The fourth-order valence-electron chi connectivity index (χ4n) is 3.63. The number of nitrogens with zero attached hydrogens (tertiary/aromatic N) is 6. The third kappa shape index (κ3) is 4.60. The molecule has 30 heavy (non-hydrogen) atoms. The minimum absolute atomic E-state index is 0.193. The Morgan fingerprint density at radius 2 is 1.87 bits per heavy atom. The van der Waals surface area contributed by atoms with Crippen molar-refractivity contribution in [2.24, 2.45) is 0 Å². The molecule has 2 aromatic heterocycles. The van der Waals surface area contributed by atoms with Crippen molar-refractivity contribution in [2.45, 2.75) is 18.9 Å². The molecule has 0 aliphatic carbocycles. The summed E-state index contributed by atoms with van der Waals surface area (Å²) in [5, 5.41) is 3.44. The van der Waals surface area contributed by atoms with Crippen LogP contribution in [0.3, 0.4) is 0 Å². The summed E-state index contributed by atoms with van der Waals surface area (Å²) in [5.74, 6) is 1.40. The van der Waals surface area contributed by atoms with Crippen LogP contribution in [0.25, 0.3) is 11.3 Å². The number of anilines is 3. The number of nitrogens with one attached hydrogen (secondary N) is 1.